The molecular weight excluding hydrogens is 328 g/mol. The Balaban J connectivity index is 1.92. The molecule has 0 spiro atoms. The van der Waals surface area contributed by atoms with E-state index in [-0.39, 0.29) is 17.9 Å². The van der Waals surface area contributed by atoms with E-state index in [1.165, 1.54) is 5.56 Å². The van der Waals surface area contributed by atoms with Gasteiger partial charge in [-0.25, -0.2) is 5.43 Å². The molecule has 0 fully saturated rings. The van der Waals surface area contributed by atoms with Crippen molar-refractivity contribution in [2.75, 3.05) is 13.7 Å². The number of methoxy groups -OCH3 is 1. The van der Waals surface area contributed by atoms with Gasteiger partial charge in [0.05, 0.1) is 12.8 Å². The third-order valence-electron chi connectivity index (χ3n) is 3.94. The quantitative estimate of drug-likeness (QED) is 0.632. The van der Waals surface area contributed by atoms with Gasteiger partial charge in [-0.3, -0.25) is 4.79 Å². The number of hydrazone groups is 1. The molecule has 0 aliphatic carbocycles. The number of rotatable bonds is 6. The van der Waals surface area contributed by atoms with E-state index in [1.807, 2.05) is 31.2 Å². The van der Waals surface area contributed by atoms with Crippen LogP contribution in [-0.2, 0) is 10.2 Å². The summed E-state index contributed by atoms with van der Waals surface area (Å²) in [5.74, 6) is 0.768. The van der Waals surface area contributed by atoms with Gasteiger partial charge in [0.1, 0.15) is 0 Å². The normalized spacial score (nSPS) is 11.8. The third-order valence-corrected chi connectivity index (χ3v) is 3.94. The van der Waals surface area contributed by atoms with Gasteiger partial charge >= 0.3 is 0 Å². The van der Waals surface area contributed by atoms with Gasteiger partial charge in [-0.05, 0) is 35.6 Å². The molecule has 0 saturated heterocycles. The number of amides is 1. The molecule has 1 amide bonds. The zero-order valence-corrected chi connectivity index (χ0v) is 16.0. The number of hydrogen-bond donors (Lipinski definition) is 1. The largest absolute Gasteiger partial charge is 0.493 e. The van der Waals surface area contributed by atoms with Crippen LogP contribution < -0.4 is 14.9 Å². The van der Waals surface area contributed by atoms with Crippen molar-refractivity contribution in [1.82, 2.24) is 5.43 Å². The molecule has 2 aromatic rings. The molecule has 0 unspecified atom stereocenters. The Morgan fingerprint density at radius 1 is 1.04 bits per heavy atom. The predicted molar refractivity (Wildman–Crippen MR) is 104 cm³/mol. The SMILES string of the molecule is COc1ccccc1OCC(=O)N/N=C(/C)c1ccc(C(C)(C)C)cc1. The molecule has 0 atom stereocenters. The third kappa shape index (κ3) is 5.34. The zero-order valence-electron chi connectivity index (χ0n) is 16.0. The smallest absolute Gasteiger partial charge is 0.277 e. The second-order valence-corrected chi connectivity index (χ2v) is 7.00. The van der Waals surface area contributed by atoms with Gasteiger partial charge in [0.25, 0.3) is 5.91 Å². The average molecular weight is 354 g/mol. The van der Waals surface area contributed by atoms with Crippen molar-refractivity contribution in [3.63, 3.8) is 0 Å². The summed E-state index contributed by atoms with van der Waals surface area (Å²) in [6.45, 7) is 8.23. The molecule has 0 aliphatic heterocycles. The summed E-state index contributed by atoms with van der Waals surface area (Å²) in [6.07, 6.45) is 0. The molecule has 1 N–H and O–H groups in total. The van der Waals surface area contributed by atoms with E-state index in [2.05, 4.69) is 43.4 Å². The number of benzene rings is 2. The fourth-order valence-electron chi connectivity index (χ4n) is 2.34. The van der Waals surface area contributed by atoms with Crippen LogP contribution in [0.3, 0.4) is 0 Å². The maximum absolute atomic E-state index is 12.0. The van der Waals surface area contributed by atoms with Crippen LogP contribution >= 0.6 is 0 Å². The number of nitrogens with zero attached hydrogens (tertiary/aromatic N) is 1. The van der Waals surface area contributed by atoms with Crippen molar-refractivity contribution in [2.45, 2.75) is 33.1 Å². The fraction of sp³-hybridized carbons (Fsp3) is 0.333. The van der Waals surface area contributed by atoms with Gasteiger partial charge in [-0.2, -0.15) is 5.10 Å². The van der Waals surface area contributed by atoms with Crippen LogP contribution in [0.5, 0.6) is 11.5 Å². The fourth-order valence-corrected chi connectivity index (χ4v) is 2.34. The summed E-state index contributed by atoms with van der Waals surface area (Å²) in [4.78, 5) is 12.0. The number of ether oxygens (including phenoxy) is 2. The van der Waals surface area contributed by atoms with Gasteiger partial charge in [-0.1, -0.05) is 57.2 Å². The van der Waals surface area contributed by atoms with Gasteiger partial charge in [0.15, 0.2) is 18.1 Å². The van der Waals surface area contributed by atoms with Crippen molar-refractivity contribution in [2.24, 2.45) is 5.10 Å². The molecule has 5 nitrogen and oxygen atoms in total. The lowest BCUT2D eigenvalue weighted by Gasteiger charge is -2.19. The van der Waals surface area contributed by atoms with E-state index in [9.17, 15) is 4.79 Å². The van der Waals surface area contributed by atoms with Gasteiger partial charge in [0, 0.05) is 0 Å². The van der Waals surface area contributed by atoms with E-state index >= 15 is 0 Å². The molecule has 138 valence electrons. The first-order chi connectivity index (χ1) is 12.3. The Kier molecular flexibility index (Phi) is 6.39. The molecule has 0 heterocycles. The average Bonchev–Trinajstić information content (AvgIpc) is 2.64. The van der Waals surface area contributed by atoms with Crippen molar-refractivity contribution in [3.8, 4) is 11.5 Å². The lowest BCUT2D eigenvalue weighted by atomic mass is 9.86. The molecule has 2 aromatic carbocycles. The van der Waals surface area contributed by atoms with Crippen molar-refractivity contribution >= 4 is 11.6 Å². The Morgan fingerprint density at radius 2 is 1.65 bits per heavy atom. The summed E-state index contributed by atoms with van der Waals surface area (Å²) >= 11 is 0. The minimum Gasteiger partial charge on any atom is -0.493 e. The van der Waals surface area contributed by atoms with E-state index in [0.29, 0.717) is 11.5 Å². The Labute approximate surface area is 155 Å². The molecular formula is C21H26N2O3. The maximum Gasteiger partial charge on any atom is 0.277 e. The highest BCUT2D eigenvalue weighted by Crippen LogP contribution is 2.25. The van der Waals surface area contributed by atoms with Crippen molar-refractivity contribution in [3.05, 3.63) is 59.7 Å². The summed E-state index contributed by atoms with van der Waals surface area (Å²) in [5.41, 5.74) is 5.57. The molecule has 0 radical (unpaired) electrons. The highest BCUT2D eigenvalue weighted by Gasteiger charge is 2.13. The molecule has 0 bridgehead atoms. The summed E-state index contributed by atoms with van der Waals surface area (Å²) in [5, 5.41) is 4.15. The van der Waals surface area contributed by atoms with Crippen LogP contribution in [0.4, 0.5) is 0 Å². The van der Waals surface area contributed by atoms with Crippen molar-refractivity contribution < 1.29 is 14.3 Å². The van der Waals surface area contributed by atoms with Gasteiger partial charge < -0.3 is 9.47 Å². The van der Waals surface area contributed by atoms with Crippen molar-refractivity contribution in [1.29, 1.82) is 0 Å². The second kappa shape index (κ2) is 8.52. The Morgan fingerprint density at radius 3 is 2.23 bits per heavy atom. The van der Waals surface area contributed by atoms with Crippen LogP contribution in [0, 0.1) is 0 Å². The predicted octanol–water partition coefficient (Wildman–Crippen LogP) is 3.91. The minimum atomic E-state index is -0.332. The lowest BCUT2D eigenvalue weighted by molar-refractivity contribution is -0.123. The number of carbonyl (C=O) groups excluding carboxylic acids is 1. The molecule has 0 aliphatic rings. The number of carbonyl (C=O) groups is 1. The van der Waals surface area contributed by atoms with Gasteiger partial charge in [-0.15, -0.1) is 0 Å². The molecule has 0 saturated carbocycles. The first-order valence-corrected chi connectivity index (χ1v) is 8.51. The van der Waals surface area contributed by atoms with E-state index in [0.717, 1.165) is 11.3 Å². The molecule has 26 heavy (non-hydrogen) atoms. The Hall–Kier alpha value is -2.82. The summed E-state index contributed by atoms with van der Waals surface area (Å²) in [7, 11) is 1.56. The number of nitrogens with one attached hydrogen (secondary N) is 1. The Bertz CT molecular complexity index is 775. The molecule has 0 aromatic heterocycles. The molecule has 2 rings (SSSR count). The summed E-state index contributed by atoms with van der Waals surface area (Å²) in [6, 6.07) is 15.4. The highest BCUT2D eigenvalue weighted by molar-refractivity contribution is 5.99. The monoisotopic (exact) mass is 354 g/mol. The van der Waals surface area contributed by atoms with Gasteiger partial charge in [0.2, 0.25) is 0 Å². The van der Waals surface area contributed by atoms with E-state index in [4.69, 9.17) is 9.47 Å². The first kappa shape index (κ1) is 19.5. The van der Waals surface area contributed by atoms with E-state index in [1.54, 1.807) is 19.2 Å². The summed E-state index contributed by atoms with van der Waals surface area (Å²) < 4.78 is 10.7. The number of para-hydroxylation sites is 2. The van der Waals surface area contributed by atoms with Crippen LogP contribution in [0.25, 0.3) is 0 Å². The topological polar surface area (TPSA) is 59.9 Å². The van der Waals surface area contributed by atoms with Crippen LogP contribution in [0.2, 0.25) is 0 Å². The zero-order chi connectivity index (χ0) is 19.2. The van der Waals surface area contributed by atoms with Crippen LogP contribution in [-0.4, -0.2) is 25.3 Å². The first-order valence-electron chi connectivity index (χ1n) is 8.51. The highest BCUT2D eigenvalue weighted by atomic mass is 16.5. The van der Waals surface area contributed by atoms with E-state index < -0.39 is 0 Å². The van der Waals surface area contributed by atoms with Crippen LogP contribution in [0.1, 0.15) is 38.8 Å². The lowest BCUT2D eigenvalue weighted by Crippen LogP contribution is -2.25. The second-order valence-electron chi connectivity index (χ2n) is 7.00. The maximum atomic E-state index is 12.0. The minimum absolute atomic E-state index is 0.105. The standard InChI is InChI=1S/C21H26N2O3/c1-15(16-10-12-17(13-11-16)21(2,3)4)22-23-20(24)14-26-19-9-7-6-8-18(19)25-5/h6-13H,14H2,1-5H3,(H,23,24)/b22-15-. The van der Waals surface area contributed by atoms with Crippen LogP contribution in [0.15, 0.2) is 53.6 Å². The number of hydrogen-bond acceptors (Lipinski definition) is 4. The molecule has 5 heteroatoms.